The van der Waals surface area contributed by atoms with E-state index in [1.54, 1.807) is 0 Å². The van der Waals surface area contributed by atoms with Crippen molar-refractivity contribution < 1.29 is 0 Å². The molecule has 1 unspecified atom stereocenters. The molecule has 10 aromatic carbocycles. The van der Waals surface area contributed by atoms with Crippen LogP contribution in [0, 0.1) is 0 Å². The lowest BCUT2D eigenvalue weighted by atomic mass is 10.00. The molecule has 0 aliphatic carbocycles. The molecule has 7 nitrogen and oxygen atoms in total. The molecule has 1 aliphatic rings. The van der Waals surface area contributed by atoms with Crippen LogP contribution in [0.5, 0.6) is 0 Å². The van der Waals surface area contributed by atoms with Crippen LogP contribution in [0.2, 0.25) is 0 Å². The highest BCUT2D eigenvalue weighted by Gasteiger charge is 2.30. The van der Waals surface area contributed by atoms with E-state index >= 15 is 0 Å². The Labute approximate surface area is 423 Å². The molecule has 0 bridgehead atoms. The number of fused-ring (bicyclic) bond motifs is 13. The van der Waals surface area contributed by atoms with E-state index in [2.05, 4.69) is 203 Å². The van der Waals surface area contributed by atoms with Crippen molar-refractivity contribution in [1.29, 1.82) is 0 Å². The molecule has 0 fully saturated rings. The molecule has 5 heterocycles. The molecule has 1 aliphatic heterocycles. The van der Waals surface area contributed by atoms with Gasteiger partial charge in [-0.15, -0.1) is 11.3 Å². The second kappa shape index (κ2) is 16.6. The van der Waals surface area contributed by atoms with Crippen LogP contribution in [0.15, 0.2) is 247 Å². The van der Waals surface area contributed by atoms with E-state index in [1.165, 1.54) is 41.7 Å². The summed E-state index contributed by atoms with van der Waals surface area (Å²) in [7, 11) is 0. The zero-order valence-electron chi connectivity index (χ0n) is 39.2. The molecule has 73 heavy (non-hydrogen) atoms. The van der Waals surface area contributed by atoms with Gasteiger partial charge in [0.2, 0.25) is 0 Å². The second-order valence-electron chi connectivity index (χ2n) is 18.5. The van der Waals surface area contributed by atoms with Gasteiger partial charge in [0.25, 0.3) is 0 Å². The number of hydrogen-bond donors (Lipinski definition) is 1. The highest BCUT2D eigenvalue weighted by molar-refractivity contribution is 7.27. The fourth-order valence-electron chi connectivity index (χ4n) is 11.2. The molecule has 342 valence electrons. The Morgan fingerprint density at radius 2 is 1.00 bits per heavy atom. The lowest BCUT2D eigenvalue weighted by Crippen LogP contribution is -2.34. The fraction of sp³-hybridized carbons (Fsp3) is 0.0154. The lowest BCUT2D eigenvalue weighted by molar-refractivity contribution is 0.674. The van der Waals surface area contributed by atoms with Crippen LogP contribution in [0.1, 0.15) is 22.9 Å². The van der Waals surface area contributed by atoms with E-state index in [4.69, 9.17) is 20.0 Å². The predicted octanol–water partition coefficient (Wildman–Crippen LogP) is 16.0. The molecular formula is C65H41N7S. The average Bonchev–Trinajstić information content (AvgIpc) is 4.15. The number of hydrogen-bond acceptors (Lipinski definition) is 6. The summed E-state index contributed by atoms with van der Waals surface area (Å²) in [5.41, 5.74) is 13.1. The van der Waals surface area contributed by atoms with Crippen molar-refractivity contribution in [3.63, 3.8) is 0 Å². The van der Waals surface area contributed by atoms with Crippen LogP contribution in [-0.4, -0.2) is 30.8 Å². The van der Waals surface area contributed by atoms with E-state index in [1.807, 2.05) is 59.9 Å². The minimum absolute atomic E-state index is 0.593. The van der Waals surface area contributed by atoms with Gasteiger partial charge in [-0.1, -0.05) is 182 Å². The standard InChI is InChI=1S/C65H41N7S/c1-5-21-40(22-6-1)58-46-29-13-17-33-51(46)66-64(67-58)45-38-37-44(39-50(45)65-69-62(41-23-7-2-8-24-41)68-63(70-65)42-25-9-3-10-26-42)72-52-34-18-14-30-47(52)55-56-49-32-16-20-36-54(49)73-61(56)57-48-31-15-19-35-53(48)71(60(57)59(55)72)43-27-11-4-12-28-43/h1-39,65H,(H,68,69,70). The van der Waals surface area contributed by atoms with Gasteiger partial charge in [0.1, 0.15) is 12.0 Å². The third-order valence-electron chi connectivity index (χ3n) is 14.4. The van der Waals surface area contributed by atoms with Gasteiger partial charge in [0.05, 0.1) is 33.3 Å². The average molecular weight is 952 g/mol. The molecule has 1 atom stereocenters. The molecule has 0 saturated heterocycles. The molecule has 8 heteroatoms. The predicted molar refractivity (Wildman–Crippen MR) is 304 cm³/mol. The second-order valence-corrected chi connectivity index (χ2v) is 19.6. The Morgan fingerprint density at radius 3 is 1.73 bits per heavy atom. The van der Waals surface area contributed by atoms with Crippen molar-refractivity contribution in [2.75, 3.05) is 0 Å². The van der Waals surface area contributed by atoms with Crippen LogP contribution >= 0.6 is 11.3 Å². The maximum atomic E-state index is 5.53. The van der Waals surface area contributed by atoms with Gasteiger partial charge in [0, 0.05) is 86.3 Å². The molecule has 1 N–H and O–H groups in total. The van der Waals surface area contributed by atoms with Crippen molar-refractivity contribution in [1.82, 2.24) is 24.4 Å². The Bertz CT molecular complexity index is 4570. The Hall–Kier alpha value is -9.50. The summed E-state index contributed by atoms with van der Waals surface area (Å²) >= 11 is 1.89. The Balaban J connectivity index is 1.08. The monoisotopic (exact) mass is 951 g/mol. The van der Waals surface area contributed by atoms with Crippen LogP contribution in [-0.2, 0) is 0 Å². The third kappa shape index (κ3) is 6.51. The van der Waals surface area contributed by atoms with Crippen molar-refractivity contribution >= 4 is 97.7 Å². The van der Waals surface area contributed by atoms with Gasteiger partial charge in [-0.3, -0.25) is 0 Å². The number of rotatable bonds is 7. The minimum Gasteiger partial charge on any atom is -0.344 e. The lowest BCUT2D eigenvalue weighted by Gasteiger charge is -2.26. The van der Waals surface area contributed by atoms with Crippen molar-refractivity contribution in [2.24, 2.45) is 9.98 Å². The van der Waals surface area contributed by atoms with Gasteiger partial charge in [-0.05, 0) is 54.6 Å². The van der Waals surface area contributed by atoms with E-state index in [0.29, 0.717) is 11.7 Å². The number of aromatic nitrogens is 4. The zero-order valence-corrected chi connectivity index (χ0v) is 40.0. The van der Waals surface area contributed by atoms with Crippen molar-refractivity contribution in [3.05, 3.63) is 253 Å². The van der Waals surface area contributed by atoms with Gasteiger partial charge in [0.15, 0.2) is 11.7 Å². The SMILES string of the molecule is c1ccc(C2=NC(c3cc(-n4c5ccccc5c5c6c7ccccc7sc6c6c7ccccc7n(-c7ccccc7)c6c54)ccc3-c3nc(-c4ccccc4)c4ccccc4n3)NC(c3ccccc3)=N2)cc1. The quantitative estimate of drug-likeness (QED) is 0.173. The van der Waals surface area contributed by atoms with Gasteiger partial charge < -0.3 is 14.5 Å². The minimum atomic E-state index is -0.593. The van der Waals surface area contributed by atoms with Crippen LogP contribution in [0.4, 0.5) is 0 Å². The summed E-state index contributed by atoms with van der Waals surface area (Å²) in [6, 6.07) is 83.6. The summed E-state index contributed by atoms with van der Waals surface area (Å²) in [6.07, 6.45) is -0.593. The Kier molecular flexibility index (Phi) is 9.36. The molecule has 14 aromatic rings. The fourth-order valence-corrected chi connectivity index (χ4v) is 12.5. The zero-order chi connectivity index (χ0) is 48.0. The van der Waals surface area contributed by atoms with Crippen LogP contribution in [0.3, 0.4) is 0 Å². The van der Waals surface area contributed by atoms with Crippen molar-refractivity contribution in [3.8, 4) is 34.0 Å². The normalized spacial score (nSPS) is 13.9. The Morgan fingerprint density at radius 1 is 0.438 bits per heavy atom. The van der Waals surface area contributed by atoms with E-state index in [9.17, 15) is 0 Å². The largest absolute Gasteiger partial charge is 0.344 e. The molecule has 0 spiro atoms. The number of nitrogens with one attached hydrogen (secondary N) is 1. The summed E-state index contributed by atoms with van der Waals surface area (Å²) in [5.74, 6) is 1.99. The van der Waals surface area contributed by atoms with Gasteiger partial charge in [-0.2, -0.15) is 0 Å². The van der Waals surface area contributed by atoms with E-state index in [-0.39, 0.29) is 0 Å². The maximum absolute atomic E-state index is 5.53. The van der Waals surface area contributed by atoms with Crippen molar-refractivity contribution in [2.45, 2.75) is 6.17 Å². The molecule has 4 aromatic heterocycles. The number of amidine groups is 2. The van der Waals surface area contributed by atoms with Crippen LogP contribution < -0.4 is 5.32 Å². The van der Waals surface area contributed by atoms with Crippen LogP contribution in [0.25, 0.3) is 109 Å². The van der Waals surface area contributed by atoms with Gasteiger partial charge in [-0.25, -0.2) is 20.0 Å². The van der Waals surface area contributed by atoms with E-state index < -0.39 is 6.17 Å². The molecule has 0 amide bonds. The first-order valence-electron chi connectivity index (χ1n) is 24.6. The molecule has 15 rings (SSSR count). The smallest absolute Gasteiger partial charge is 0.160 e. The summed E-state index contributed by atoms with van der Waals surface area (Å²) in [6.45, 7) is 0. The maximum Gasteiger partial charge on any atom is 0.160 e. The van der Waals surface area contributed by atoms with Gasteiger partial charge >= 0.3 is 0 Å². The first-order chi connectivity index (χ1) is 36.2. The summed E-state index contributed by atoms with van der Waals surface area (Å²) in [4.78, 5) is 21.6. The summed E-state index contributed by atoms with van der Waals surface area (Å²) < 4.78 is 7.54. The first-order valence-corrected chi connectivity index (χ1v) is 25.4. The number of aliphatic imine (C=N–C) groups is 2. The highest BCUT2D eigenvalue weighted by atomic mass is 32.1. The van der Waals surface area contributed by atoms with E-state index in [0.717, 1.165) is 83.7 Å². The number of thiophene rings is 1. The molecule has 0 saturated carbocycles. The molecular weight excluding hydrogens is 911 g/mol. The highest BCUT2D eigenvalue weighted by Crippen LogP contribution is 2.51. The number of para-hydroxylation sites is 4. The summed E-state index contributed by atoms with van der Waals surface area (Å²) in [5, 5.41) is 12.2. The number of benzene rings is 10. The first kappa shape index (κ1) is 41.3. The number of nitrogens with zero attached hydrogens (tertiary/aromatic N) is 6. The molecule has 0 radical (unpaired) electrons. The third-order valence-corrected chi connectivity index (χ3v) is 15.5. The topological polar surface area (TPSA) is 72.4 Å².